The number of nitrogens with two attached hydrogens (primary N) is 1. The highest BCUT2D eigenvalue weighted by Gasteiger charge is 2.20. The van der Waals surface area contributed by atoms with Gasteiger partial charge in [0.15, 0.2) is 0 Å². The molecule has 0 bridgehead atoms. The minimum atomic E-state index is 0.285. The van der Waals surface area contributed by atoms with Crippen LogP contribution in [-0.4, -0.2) is 44.2 Å². The molecule has 0 radical (unpaired) electrons. The van der Waals surface area contributed by atoms with Gasteiger partial charge in [-0.25, -0.2) is 0 Å². The highest BCUT2D eigenvalue weighted by atomic mass is 15.2. The van der Waals surface area contributed by atoms with Crippen molar-refractivity contribution in [3.8, 4) is 0 Å². The van der Waals surface area contributed by atoms with E-state index in [1.807, 2.05) is 0 Å². The van der Waals surface area contributed by atoms with E-state index < -0.39 is 0 Å². The summed E-state index contributed by atoms with van der Waals surface area (Å²) in [4.78, 5) is 4.86. The second-order valence-electron chi connectivity index (χ2n) is 6.18. The molecule has 20 heavy (non-hydrogen) atoms. The Bertz CT molecular complexity index is 393. The van der Waals surface area contributed by atoms with Crippen LogP contribution in [0.1, 0.15) is 31.7 Å². The highest BCUT2D eigenvalue weighted by Crippen LogP contribution is 2.22. The molecule has 2 rings (SSSR count). The Morgan fingerprint density at radius 3 is 2.40 bits per heavy atom. The summed E-state index contributed by atoms with van der Waals surface area (Å²) in [5.41, 5.74) is 8.69. The quantitative estimate of drug-likeness (QED) is 0.896. The molecule has 0 amide bonds. The van der Waals surface area contributed by atoms with Crippen molar-refractivity contribution in [3.05, 3.63) is 29.8 Å². The molecule has 1 aliphatic rings. The molecule has 3 nitrogen and oxygen atoms in total. The average molecular weight is 275 g/mol. The van der Waals surface area contributed by atoms with E-state index in [0.717, 1.165) is 12.8 Å². The summed E-state index contributed by atoms with van der Waals surface area (Å²) >= 11 is 0. The maximum atomic E-state index is 6.02. The number of likely N-dealkylation sites (tertiary alicyclic amines) is 1. The summed E-state index contributed by atoms with van der Waals surface area (Å²) in [5, 5.41) is 0. The fourth-order valence-electron chi connectivity index (χ4n) is 2.91. The van der Waals surface area contributed by atoms with Crippen LogP contribution in [0.2, 0.25) is 0 Å². The topological polar surface area (TPSA) is 32.5 Å². The van der Waals surface area contributed by atoms with Crippen molar-refractivity contribution >= 4 is 5.69 Å². The van der Waals surface area contributed by atoms with Crippen LogP contribution >= 0.6 is 0 Å². The summed E-state index contributed by atoms with van der Waals surface area (Å²) < 4.78 is 0. The van der Waals surface area contributed by atoms with Crippen molar-refractivity contribution in [2.24, 2.45) is 5.73 Å². The van der Waals surface area contributed by atoms with Crippen molar-refractivity contribution in [1.82, 2.24) is 4.90 Å². The molecule has 1 saturated heterocycles. The summed E-state index contributed by atoms with van der Waals surface area (Å²) in [6, 6.07) is 9.92. The zero-order valence-corrected chi connectivity index (χ0v) is 13.2. The zero-order valence-electron chi connectivity index (χ0n) is 13.2. The number of hydrogen-bond acceptors (Lipinski definition) is 3. The first-order chi connectivity index (χ1) is 9.60. The van der Waals surface area contributed by atoms with E-state index in [-0.39, 0.29) is 6.04 Å². The third kappa shape index (κ3) is 3.97. The van der Waals surface area contributed by atoms with Gasteiger partial charge < -0.3 is 15.5 Å². The third-order valence-electron chi connectivity index (χ3n) is 4.60. The minimum absolute atomic E-state index is 0.285. The number of benzene rings is 1. The van der Waals surface area contributed by atoms with Crippen molar-refractivity contribution in [2.45, 2.75) is 44.7 Å². The Labute approximate surface area is 123 Å². The molecular formula is C17H29N3. The predicted octanol–water partition coefficient (Wildman–Crippen LogP) is 2.50. The van der Waals surface area contributed by atoms with Crippen molar-refractivity contribution in [3.63, 3.8) is 0 Å². The molecule has 1 aliphatic heterocycles. The number of hydrogen-bond donors (Lipinski definition) is 1. The standard InChI is InChI=1S/C17H29N3/c1-4-15(18)13-14-5-7-16(8-6-14)20(3)17-9-11-19(2)12-10-17/h5-8,15,17H,4,9-13,18H2,1-3H3. The molecule has 0 aliphatic carbocycles. The van der Waals surface area contributed by atoms with Crippen LogP contribution < -0.4 is 10.6 Å². The van der Waals surface area contributed by atoms with Crippen LogP contribution in [0, 0.1) is 0 Å². The van der Waals surface area contributed by atoms with E-state index in [1.54, 1.807) is 0 Å². The van der Waals surface area contributed by atoms with Gasteiger partial charge in [-0.1, -0.05) is 19.1 Å². The summed E-state index contributed by atoms with van der Waals surface area (Å²) in [7, 11) is 4.44. The molecule has 2 N–H and O–H groups in total. The highest BCUT2D eigenvalue weighted by molar-refractivity contribution is 5.48. The lowest BCUT2D eigenvalue weighted by molar-refractivity contribution is 0.253. The van der Waals surface area contributed by atoms with Crippen LogP contribution in [-0.2, 0) is 6.42 Å². The summed E-state index contributed by atoms with van der Waals surface area (Å²) in [6.07, 6.45) is 4.54. The Morgan fingerprint density at radius 1 is 1.25 bits per heavy atom. The largest absolute Gasteiger partial charge is 0.372 e. The normalized spacial score (nSPS) is 19.0. The van der Waals surface area contributed by atoms with Gasteiger partial charge >= 0.3 is 0 Å². The van der Waals surface area contributed by atoms with E-state index in [1.165, 1.54) is 37.2 Å². The van der Waals surface area contributed by atoms with Gasteiger partial charge in [0.2, 0.25) is 0 Å². The fourth-order valence-corrected chi connectivity index (χ4v) is 2.91. The maximum Gasteiger partial charge on any atom is 0.0366 e. The molecule has 1 fully saturated rings. The van der Waals surface area contributed by atoms with Crippen LogP contribution in [0.4, 0.5) is 5.69 Å². The van der Waals surface area contributed by atoms with Gasteiger partial charge in [-0.15, -0.1) is 0 Å². The SMILES string of the molecule is CCC(N)Cc1ccc(N(C)C2CCN(C)CC2)cc1. The van der Waals surface area contributed by atoms with Crippen LogP contribution in [0.5, 0.6) is 0 Å². The van der Waals surface area contributed by atoms with E-state index in [0.29, 0.717) is 6.04 Å². The van der Waals surface area contributed by atoms with Gasteiger partial charge in [-0.05, 0) is 63.5 Å². The first-order valence-corrected chi connectivity index (χ1v) is 7.86. The zero-order chi connectivity index (χ0) is 14.5. The lowest BCUT2D eigenvalue weighted by Crippen LogP contribution is -2.41. The Kier molecular flexibility index (Phi) is 5.44. The van der Waals surface area contributed by atoms with E-state index in [9.17, 15) is 0 Å². The van der Waals surface area contributed by atoms with Crippen LogP contribution in [0.25, 0.3) is 0 Å². The van der Waals surface area contributed by atoms with E-state index in [2.05, 4.69) is 55.1 Å². The molecule has 1 heterocycles. The molecule has 1 atom stereocenters. The summed E-state index contributed by atoms with van der Waals surface area (Å²) in [5.74, 6) is 0. The molecule has 0 aromatic heterocycles. The summed E-state index contributed by atoms with van der Waals surface area (Å²) in [6.45, 7) is 4.56. The molecule has 1 unspecified atom stereocenters. The van der Waals surface area contributed by atoms with Crippen LogP contribution in [0.3, 0.4) is 0 Å². The van der Waals surface area contributed by atoms with E-state index in [4.69, 9.17) is 5.73 Å². The smallest absolute Gasteiger partial charge is 0.0366 e. The second kappa shape index (κ2) is 7.09. The van der Waals surface area contributed by atoms with Crippen molar-refractivity contribution < 1.29 is 0 Å². The van der Waals surface area contributed by atoms with Gasteiger partial charge in [-0.2, -0.15) is 0 Å². The van der Waals surface area contributed by atoms with Gasteiger partial charge in [0.25, 0.3) is 0 Å². The first-order valence-electron chi connectivity index (χ1n) is 7.86. The van der Waals surface area contributed by atoms with Crippen LogP contribution in [0.15, 0.2) is 24.3 Å². The number of nitrogens with zero attached hydrogens (tertiary/aromatic N) is 2. The molecule has 0 saturated carbocycles. The third-order valence-corrected chi connectivity index (χ3v) is 4.60. The molecular weight excluding hydrogens is 246 g/mol. The van der Waals surface area contributed by atoms with Gasteiger partial charge in [0.1, 0.15) is 0 Å². The minimum Gasteiger partial charge on any atom is -0.372 e. The monoisotopic (exact) mass is 275 g/mol. The van der Waals surface area contributed by atoms with Gasteiger partial charge in [-0.3, -0.25) is 0 Å². The van der Waals surface area contributed by atoms with Crippen molar-refractivity contribution in [1.29, 1.82) is 0 Å². The molecule has 3 heteroatoms. The maximum absolute atomic E-state index is 6.02. The second-order valence-corrected chi connectivity index (χ2v) is 6.18. The number of anilines is 1. The molecule has 1 aromatic rings. The Morgan fingerprint density at radius 2 is 1.85 bits per heavy atom. The lowest BCUT2D eigenvalue weighted by atomic mass is 10.0. The Hall–Kier alpha value is -1.06. The predicted molar refractivity (Wildman–Crippen MR) is 87.3 cm³/mol. The molecule has 0 spiro atoms. The molecule has 112 valence electrons. The van der Waals surface area contributed by atoms with Crippen molar-refractivity contribution in [2.75, 3.05) is 32.1 Å². The number of rotatable bonds is 5. The van der Waals surface area contributed by atoms with E-state index >= 15 is 0 Å². The van der Waals surface area contributed by atoms with Gasteiger partial charge in [0, 0.05) is 24.8 Å². The average Bonchev–Trinajstić information content (AvgIpc) is 2.48. The molecule has 1 aromatic carbocycles. The van der Waals surface area contributed by atoms with Gasteiger partial charge in [0.05, 0.1) is 0 Å². The first kappa shape index (κ1) is 15.3. The fraction of sp³-hybridized carbons (Fsp3) is 0.647. The Balaban J connectivity index is 1.95. The number of piperidine rings is 1. The lowest BCUT2D eigenvalue weighted by Gasteiger charge is -2.36.